The Bertz CT molecular complexity index is 1020. The van der Waals surface area contributed by atoms with Gasteiger partial charge in [0.1, 0.15) is 19.2 Å². The van der Waals surface area contributed by atoms with Crippen molar-refractivity contribution in [2.75, 3.05) is 11.9 Å². The van der Waals surface area contributed by atoms with Crippen LogP contribution in [0.25, 0.3) is 0 Å². The summed E-state index contributed by atoms with van der Waals surface area (Å²) in [4.78, 5) is 12.2. The van der Waals surface area contributed by atoms with Gasteiger partial charge in [0, 0.05) is 12.3 Å². The number of ether oxygens (including phenoxy) is 2. The molecule has 0 aliphatic heterocycles. The van der Waals surface area contributed by atoms with Gasteiger partial charge in [-0.15, -0.1) is 0 Å². The fraction of sp³-hybridized carbons (Fsp3) is 0.235. The predicted molar refractivity (Wildman–Crippen MR) is 91.4 cm³/mol. The number of alkyl halides is 3. The van der Waals surface area contributed by atoms with E-state index in [4.69, 9.17) is 4.74 Å². The molecule has 0 aliphatic rings. The molecular formula is C17H14F5N5O3. The van der Waals surface area contributed by atoms with Gasteiger partial charge in [0.05, 0.1) is 18.1 Å². The van der Waals surface area contributed by atoms with Gasteiger partial charge in [0.2, 0.25) is 0 Å². The number of benzene rings is 1. The Morgan fingerprint density at radius 3 is 2.67 bits per heavy atom. The zero-order valence-corrected chi connectivity index (χ0v) is 15.1. The number of anilines is 1. The van der Waals surface area contributed by atoms with Crippen LogP contribution in [0.1, 0.15) is 10.5 Å². The third-order valence-electron chi connectivity index (χ3n) is 3.50. The van der Waals surface area contributed by atoms with E-state index in [1.54, 1.807) is 0 Å². The Morgan fingerprint density at radius 1 is 1.13 bits per heavy atom. The van der Waals surface area contributed by atoms with Gasteiger partial charge in [0.15, 0.2) is 24.0 Å². The van der Waals surface area contributed by atoms with Gasteiger partial charge in [-0.25, -0.2) is 18.1 Å². The number of aromatic nitrogens is 4. The van der Waals surface area contributed by atoms with Crippen molar-refractivity contribution in [1.29, 1.82) is 0 Å². The topological polar surface area (TPSA) is 83.2 Å². The average Bonchev–Trinajstić information content (AvgIpc) is 3.29. The molecule has 0 saturated heterocycles. The number of nitrogens with one attached hydrogen (secondary N) is 1. The number of halogens is 5. The van der Waals surface area contributed by atoms with Gasteiger partial charge in [-0.1, -0.05) is 0 Å². The van der Waals surface area contributed by atoms with E-state index in [-0.39, 0.29) is 23.9 Å². The molecule has 1 amide bonds. The Balaban J connectivity index is 1.51. The number of nitrogens with zero attached hydrogens (tertiary/aromatic N) is 4. The number of rotatable bonds is 8. The minimum atomic E-state index is -4.45. The molecule has 1 N–H and O–H groups in total. The van der Waals surface area contributed by atoms with Crippen LogP contribution in [0.3, 0.4) is 0 Å². The summed E-state index contributed by atoms with van der Waals surface area (Å²) in [7, 11) is 0. The normalized spacial score (nSPS) is 11.5. The Morgan fingerprint density at radius 2 is 1.93 bits per heavy atom. The van der Waals surface area contributed by atoms with Crippen LogP contribution < -0.4 is 10.1 Å². The average molecular weight is 431 g/mol. The Kier molecular flexibility index (Phi) is 6.30. The molecule has 30 heavy (non-hydrogen) atoms. The lowest BCUT2D eigenvalue weighted by atomic mass is 10.3. The lowest BCUT2D eigenvalue weighted by Gasteiger charge is -2.07. The lowest BCUT2D eigenvalue weighted by Crippen LogP contribution is -2.18. The standard InChI is InChI=1S/C17H14F5N5O3/c18-11-1-2-15(13(19)5-11)30-10-26-4-3-14(25-26)16(28)24-12-6-23-27(7-12)9-29-8-17(20,21)22/h1-7H,8-10H2,(H,24,28). The van der Waals surface area contributed by atoms with E-state index < -0.39 is 37.1 Å². The van der Waals surface area contributed by atoms with E-state index in [0.717, 1.165) is 16.8 Å². The second-order valence-electron chi connectivity index (χ2n) is 5.90. The van der Waals surface area contributed by atoms with Crippen molar-refractivity contribution in [2.45, 2.75) is 19.6 Å². The van der Waals surface area contributed by atoms with Crippen LogP contribution in [0.5, 0.6) is 5.75 Å². The van der Waals surface area contributed by atoms with Gasteiger partial charge in [-0.05, 0) is 18.2 Å². The summed E-state index contributed by atoms with van der Waals surface area (Å²) >= 11 is 0. The van der Waals surface area contributed by atoms with Crippen molar-refractivity contribution in [2.24, 2.45) is 0 Å². The van der Waals surface area contributed by atoms with Gasteiger partial charge in [-0.3, -0.25) is 4.79 Å². The first-order valence-electron chi connectivity index (χ1n) is 8.29. The highest BCUT2D eigenvalue weighted by Crippen LogP contribution is 2.18. The van der Waals surface area contributed by atoms with Crippen LogP contribution in [-0.2, 0) is 18.2 Å². The molecule has 3 aromatic rings. The fourth-order valence-electron chi connectivity index (χ4n) is 2.23. The quantitative estimate of drug-likeness (QED) is 0.554. The number of carbonyl (C=O) groups excluding carboxylic acids is 1. The maximum atomic E-state index is 13.5. The third-order valence-corrected chi connectivity index (χ3v) is 3.50. The maximum Gasteiger partial charge on any atom is 0.411 e. The maximum absolute atomic E-state index is 13.5. The monoisotopic (exact) mass is 431 g/mol. The lowest BCUT2D eigenvalue weighted by molar-refractivity contribution is -0.182. The van der Waals surface area contributed by atoms with Crippen LogP contribution in [-0.4, -0.2) is 38.3 Å². The number of carbonyl (C=O) groups is 1. The van der Waals surface area contributed by atoms with Crippen molar-refractivity contribution in [3.05, 3.63) is 60.2 Å². The molecule has 0 bridgehead atoms. The van der Waals surface area contributed by atoms with E-state index in [9.17, 15) is 26.7 Å². The summed E-state index contributed by atoms with van der Waals surface area (Å²) in [6, 6.07) is 4.20. The summed E-state index contributed by atoms with van der Waals surface area (Å²) in [6.45, 7) is -2.10. The molecule has 160 valence electrons. The van der Waals surface area contributed by atoms with Crippen molar-refractivity contribution >= 4 is 11.6 Å². The SMILES string of the molecule is O=C(Nc1cnn(COCC(F)(F)F)c1)c1ccn(COc2ccc(F)cc2F)n1. The molecule has 8 nitrogen and oxygen atoms in total. The molecule has 0 spiro atoms. The van der Waals surface area contributed by atoms with Gasteiger partial charge < -0.3 is 14.8 Å². The zero-order chi connectivity index (χ0) is 21.7. The molecule has 0 saturated carbocycles. The predicted octanol–water partition coefficient (Wildman–Crippen LogP) is 3.18. The highest BCUT2D eigenvalue weighted by Gasteiger charge is 2.27. The molecule has 0 fully saturated rings. The van der Waals surface area contributed by atoms with Crippen molar-refractivity contribution in [3.63, 3.8) is 0 Å². The Labute approximate surface area is 165 Å². The minimum absolute atomic E-state index is 0.000695. The first kappa shape index (κ1) is 21.2. The van der Waals surface area contributed by atoms with E-state index >= 15 is 0 Å². The molecule has 0 unspecified atom stereocenters. The van der Waals surface area contributed by atoms with E-state index in [2.05, 4.69) is 20.3 Å². The van der Waals surface area contributed by atoms with Crippen molar-refractivity contribution in [1.82, 2.24) is 19.6 Å². The third kappa shape index (κ3) is 6.01. The molecule has 0 aliphatic carbocycles. The van der Waals surface area contributed by atoms with Gasteiger partial charge in [-0.2, -0.15) is 23.4 Å². The van der Waals surface area contributed by atoms with Crippen molar-refractivity contribution in [3.8, 4) is 5.75 Å². The van der Waals surface area contributed by atoms with Crippen LogP contribution >= 0.6 is 0 Å². The first-order valence-corrected chi connectivity index (χ1v) is 8.29. The largest absolute Gasteiger partial charge is 0.468 e. The smallest absolute Gasteiger partial charge is 0.411 e. The molecule has 0 radical (unpaired) electrons. The summed E-state index contributed by atoms with van der Waals surface area (Å²) in [5.41, 5.74) is 0.217. The van der Waals surface area contributed by atoms with E-state index in [1.807, 2.05) is 0 Å². The van der Waals surface area contributed by atoms with Crippen molar-refractivity contribution < 1.29 is 36.2 Å². The van der Waals surface area contributed by atoms with Gasteiger partial charge >= 0.3 is 6.18 Å². The highest BCUT2D eigenvalue weighted by molar-refractivity contribution is 6.02. The second kappa shape index (κ2) is 8.90. The second-order valence-corrected chi connectivity index (χ2v) is 5.90. The molecular weight excluding hydrogens is 417 g/mol. The first-order chi connectivity index (χ1) is 14.2. The molecule has 0 atom stereocenters. The van der Waals surface area contributed by atoms with Crippen LogP contribution in [0.15, 0.2) is 42.9 Å². The summed E-state index contributed by atoms with van der Waals surface area (Å²) in [6.07, 6.45) is -0.530. The van der Waals surface area contributed by atoms with Crippen LogP contribution in [0.4, 0.5) is 27.6 Å². The van der Waals surface area contributed by atoms with E-state index in [1.165, 1.54) is 29.3 Å². The highest BCUT2D eigenvalue weighted by atomic mass is 19.4. The number of hydrogen-bond acceptors (Lipinski definition) is 5. The minimum Gasteiger partial charge on any atom is -0.468 e. The Hall–Kier alpha value is -3.48. The van der Waals surface area contributed by atoms with Crippen LogP contribution in [0, 0.1) is 11.6 Å². The molecule has 3 rings (SSSR count). The zero-order valence-electron chi connectivity index (χ0n) is 15.1. The van der Waals surface area contributed by atoms with E-state index in [0.29, 0.717) is 6.07 Å². The summed E-state index contributed by atoms with van der Waals surface area (Å²) in [5.74, 6) is -2.42. The molecule has 2 heterocycles. The summed E-state index contributed by atoms with van der Waals surface area (Å²) in [5, 5.41) is 10.2. The molecule has 1 aromatic carbocycles. The number of amides is 1. The number of hydrogen-bond donors (Lipinski definition) is 1. The molecule has 13 heteroatoms. The van der Waals surface area contributed by atoms with Crippen LogP contribution in [0.2, 0.25) is 0 Å². The van der Waals surface area contributed by atoms with Gasteiger partial charge in [0.25, 0.3) is 5.91 Å². The molecule has 2 aromatic heterocycles. The summed E-state index contributed by atoms with van der Waals surface area (Å²) < 4.78 is 74.5. The fourth-order valence-corrected chi connectivity index (χ4v) is 2.23.